The van der Waals surface area contributed by atoms with Crippen LogP contribution < -0.4 is 5.32 Å². The minimum atomic E-state index is -0.258. The largest absolute Gasteiger partial charge is 0.347 e. The fourth-order valence-corrected chi connectivity index (χ4v) is 2.92. The van der Waals surface area contributed by atoms with E-state index >= 15 is 0 Å². The lowest BCUT2D eigenvalue weighted by Gasteiger charge is -2.18. The normalized spacial score (nSPS) is 15.4. The molecule has 0 radical (unpaired) electrons. The predicted molar refractivity (Wildman–Crippen MR) is 87.9 cm³/mol. The molecule has 0 saturated heterocycles. The number of halogens is 2. The third kappa shape index (κ3) is 3.55. The maximum Gasteiger partial charge on any atom is 0.221 e. The SMILES string of the molecule is O=C(CCc1cccc(F)c1)NC1(c2ccc(Br)cc2)CC1. The summed E-state index contributed by atoms with van der Waals surface area (Å²) in [7, 11) is 0. The van der Waals surface area contributed by atoms with Crippen molar-refractivity contribution in [2.45, 2.75) is 31.2 Å². The number of rotatable bonds is 5. The van der Waals surface area contributed by atoms with Crippen LogP contribution in [0.2, 0.25) is 0 Å². The van der Waals surface area contributed by atoms with Crippen molar-refractivity contribution >= 4 is 21.8 Å². The van der Waals surface area contributed by atoms with Crippen molar-refractivity contribution in [1.82, 2.24) is 5.32 Å². The van der Waals surface area contributed by atoms with Crippen molar-refractivity contribution in [1.29, 1.82) is 0 Å². The zero-order valence-corrected chi connectivity index (χ0v) is 13.7. The van der Waals surface area contributed by atoms with Gasteiger partial charge in [0.15, 0.2) is 0 Å². The van der Waals surface area contributed by atoms with E-state index in [4.69, 9.17) is 0 Å². The summed E-state index contributed by atoms with van der Waals surface area (Å²) in [5.41, 5.74) is 1.80. The molecule has 4 heteroatoms. The van der Waals surface area contributed by atoms with Gasteiger partial charge < -0.3 is 5.32 Å². The highest BCUT2D eigenvalue weighted by Crippen LogP contribution is 2.45. The van der Waals surface area contributed by atoms with Gasteiger partial charge >= 0.3 is 0 Å². The van der Waals surface area contributed by atoms with Crippen LogP contribution in [0.5, 0.6) is 0 Å². The molecule has 114 valence electrons. The third-order valence-electron chi connectivity index (χ3n) is 4.06. The van der Waals surface area contributed by atoms with Gasteiger partial charge in [0.25, 0.3) is 0 Å². The van der Waals surface area contributed by atoms with Crippen LogP contribution in [0.25, 0.3) is 0 Å². The molecular weight excluding hydrogens is 345 g/mol. The second-order valence-electron chi connectivity index (χ2n) is 5.77. The van der Waals surface area contributed by atoms with E-state index < -0.39 is 0 Å². The van der Waals surface area contributed by atoms with Gasteiger partial charge in [-0.2, -0.15) is 0 Å². The van der Waals surface area contributed by atoms with E-state index in [0.717, 1.165) is 28.4 Å². The van der Waals surface area contributed by atoms with E-state index in [1.54, 1.807) is 6.07 Å². The third-order valence-corrected chi connectivity index (χ3v) is 4.58. The molecule has 2 nitrogen and oxygen atoms in total. The van der Waals surface area contributed by atoms with Crippen LogP contribution in [0.1, 0.15) is 30.4 Å². The van der Waals surface area contributed by atoms with Crippen molar-refractivity contribution in [2.75, 3.05) is 0 Å². The highest BCUT2D eigenvalue weighted by molar-refractivity contribution is 9.10. The standard InChI is InChI=1S/C18H17BrFNO/c19-15-7-5-14(6-8-15)18(10-11-18)21-17(22)9-4-13-2-1-3-16(20)12-13/h1-3,5-8,12H,4,9-11H2,(H,21,22). The molecule has 0 heterocycles. The highest BCUT2D eigenvalue weighted by atomic mass is 79.9. The lowest BCUT2D eigenvalue weighted by molar-refractivity contribution is -0.122. The molecule has 1 amide bonds. The van der Waals surface area contributed by atoms with E-state index in [2.05, 4.69) is 21.2 Å². The lowest BCUT2D eigenvalue weighted by atomic mass is 10.0. The van der Waals surface area contributed by atoms with E-state index in [9.17, 15) is 9.18 Å². The monoisotopic (exact) mass is 361 g/mol. The van der Waals surface area contributed by atoms with Crippen molar-refractivity contribution in [3.05, 3.63) is 69.9 Å². The zero-order valence-electron chi connectivity index (χ0n) is 12.1. The van der Waals surface area contributed by atoms with Crippen molar-refractivity contribution in [2.24, 2.45) is 0 Å². The molecule has 0 unspecified atom stereocenters. The summed E-state index contributed by atoms with van der Waals surface area (Å²) < 4.78 is 14.2. The maximum absolute atomic E-state index is 13.1. The Balaban J connectivity index is 1.58. The first-order valence-corrected chi connectivity index (χ1v) is 8.18. The Morgan fingerprint density at radius 3 is 2.55 bits per heavy atom. The summed E-state index contributed by atoms with van der Waals surface area (Å²) in [5, 5.41) is 3.14. The Morgan fingerprint density at radius 1 is 1.18 bits per heavy atom. The quantitative estimate of drug-likeness (QED) is 0.843. The van der Waals surface area contributed by atoms with Gasteiger partial charge in [-0.15, -0.1) is 0 Å². The Morgan fingerprint density at radius 2 is 1.91 bits per heavy atom. The van der Waals surface area contributed by atoms with Crippen LogP contribution in [0, 0.1) is 5.82 Å². The molecule has 2 aromatic carbocycles. The number of hydrogen-bond donors (Lipinski definition) is 1. The topological polar surface area (TPSA) is 29.1 Å². The molecule has 22 heavy (non-hydrogen) atoms. The first kappa shape index (κ1) is 15.2. The van der Waals surface area contributed by atoms with Crippen LogP contribution in [0.4, 0.5) is 4.39 Å². The number of hydrogen-bond acceptors (Lipinski definition) is 1. The van der Waals surface area contributed by atoms with E-state index in [0.29, 0.717) is 12.8 Å². The summed E-state index contributed by atoms with van der Waals surface area (Å²) in [4.78, 5) is 12.2. The molecule has 1 N–H and O–H groups in total. The second kappa shape index (κ2) is 6.21. The number of carbonyl (C=O) groups excluding carboxylic acids is 1. The number of benzene rings is 2. The Hall–Kier alpha value is -1.68. The van der Waals surface area contributed by atoms with E-state index in [-0.39, 0.29) is 17.3 Å². The van der Waals surface area contributed by atoms with Gasteiger partial charge in [0.1, 0.15) is 5.82 Å². The average Bonchev–Trinajstić information content (AvgIpc) is 3.27. The first-order chi connectivity index (χ1) is 10.6. The van der Waals surface area contributed by atoms with Crippen LogP contribution in [-0.2, 0) is 16.8 Å². The van der Waals surface area contributed by atoms with Gasteiger partial charge in [0.2, 0.25) is 5.91 Å². The molecule has 0 bridgehead atoms. The van der Waals surface area contributed by atoms with E-state index in [1.807, 2.05) is 30.3 Å². The van der Waals surface area contributed by atoms with Crippen LogP contribution in [0.3, 0.4) is 0 Å². The summed E-state index contributed by atoms with van der Waals surface area (Å²) >= 11 is 3.42. The van der Waals surface area contributed by atoms with E-state index in [1.165, 1.54) is 12.1 Å². The lowest BCUT2D eigenvalue weighted by Crippen LogP contribution is -2.34. The summed E-state index contributed by atoms with van der Waals surface area (Å²) in [6.45, 7) is 0. The fourth-order valence-electron chi connectivity index (χ4n) is 2.66. The van der Waals surface area contributed by atoms with Crippen molar-refractivity contribution < 1.29 is 9.18 Å². The van der Waals surface area contributed by atoms with Gasteiger partial charge in [-0.1, -0.05) is 40.2 Å². The molecule has 1 fully saturated rings. The number of amides is 1. The maximum atomic E-state index is 13.1. The first-order valence-electron chi connectivity index (χ1n) is 7.39. The van der Waals surface area contributed by atoms with Gasteiger partial charge in [0, 0.05) is 10.9 Å². The number of carbonyl (C=O) groups is 1. The Labute approximate surface area is 137 Å². The van der Waals surface area contributed by atoms with Gasteiger partial charge in [-0.3, -0.25) is 4.79 Å². The Kier molecular flexibility index (Phi) is 4.30. The molecule has 2 aromatic rings. The van der Waals surface area contributed by atoms with Gasteiger partial charge in [0.05, 0.1) is 5.54 Å². The molecule has 0 atom stereocenters. The predicted octanol–water partition coefficient (Wildman–Crippen LogP) is 4.33. The average molecular weight is 362 g/mol. The Bertz CT molecular complexity index is 680. The van der Waals surface area contributed by atoms with Crippen molar-refractivity contribution in [3.8, 4) is 0 Å². The fraction of sp³-hybridized carbons (Fsp3) is 0.278. The summed E-state index contributed by atoms with van der Waals surface area (Å²) in [5.74, 6) is -0.240. The van der Waals surface area contributed by atoms with Crippen LogP contribution in [0.15, 0.2) is 53.0 Å². The molecule has 1 aliphatic rings. The number of aryl methyl sites for hydroxylation is 1. The zero-order chi connectivity index (χ0) is 15.6. The molecule has 1 aliphatic carbocycles. The summed E-state index contributed by atoms with van der Waals surface area (Å²) in [6, 6.07) is 14.5. The highest BCUT2D eigenvalue weighted by Gasteiger charge is 2.45. The molecule has 0 aliphatic heterocycles. The minimum Gasteiger partial charge on any atom is -0.347 e. The molecule has 1 saturated carbocycles. The molecule has 3 rings (SSSR count). The second-order valence-corrected chi connectivity index (χ2v) is 6.68. The smallest absolute Gasteiger partial charge is 0.221 e. The minimum absolute atomic E-state index is 0.0182. The summed E-state index contributed by atoms with van der Waals surface area (Å²) in [6.07, 6.45) is 2.88. The molecule has 0 spiro atoms. The molecule has 0 aromatic heterocycles. The van der Waals surface area contributed by atoms with Gasteiger partial charge in [-0.25, -0.2) is 4.39 Å². The number of nitrogens with one attached hydrogen (secondary N) is 1. The van der Waals surface area contributed by atoms with Crippen LogP contribution in [-0.4, -0.2) is 5.91 Å². The van der Waals surface area contributed by atoms with Crippen LogP contribution >= 0.6 is 15.9 Å². The van der Waals surface area contributed by atoms with Gasteiger partial charge in [-0.05, 0) is 54.7 Å². The van der Waals surface area contributed by atoms with Crippen molar-refractivity contribution in [3.63, 3.8) is 0 Å². The molecular formula is C18H17BrFNO.